The van der Waals surface area contributed by atoms with E-state index >= 15 is 0 Å². The summed E-state index contributed by atoms with van der Waals surface area (Å²) in [4.78, 5) is 14.2. The summed E-state index contributed by atoms with van der Waals surface area (Å²) < 4.78 is 2.75. The van der Waals surface area contributed by atoms with Gasteiger partial charge < -0.3 is 10.6 Å². The van der Waals surface area contributed by atoms with Gasteiger partial charge >= 0.3 is 0 Å². The molecule has 0 aliphatic rings. The second kappa shape index (κ2) is 6.41. The smallest absolute Gasteiger partial charge is 0.246 e. The molecule has 112 valence electrons. The van der Waals surface area contributed by atoms with Gasteiger partial charge in [0.1, 0.15) is 5.54 Å². The number of nitrogens with zero attached hydrogens (tertiary/aromatic N) is 3. The average molecular weight is 351 g/mol. The van der Waals surface area contributed by atoms with Crippen LogP contribution in [0.5, 0.6) is 0 Å². The zero-order valence-corrected chi connectivity index (χ0v) is 13.7. The Kier molecular flexibility index (Phi) is 4.80. The fraction of sp³-hybridized carbons (Fsp3) is 0.333. The molecule has 2 N–H and O–H groups in total. The highest BCUT2D eigenvalue weighted by Gasteiger charge is 2.32. The highest BCUT2D eigenvalue weighted by molar-refractivity contribution is 9.10. The SMILES string of the molecule is CN(CCn1cccn1)C(=O)C(C)(N)c1ccc(Br)cc1. The first-order chi connectivity index (χ1) is 9.91. The molecule has 1 aromatic heterocycles. The van der Waals surface area contributed by atoms with Crippen LogP contribution in [0.1, 0.15) is 12.5 Å². The number of halogens is 1. The van der Waals surface area contributed by atoms with Crippen LogP contribution in [-0.4, -0.2) is 34.2 Å². The highest BCUT2D eigenvalue weighted by atomic mass is 79.9. The quantitative estimate of drug-likeness (QED) is 0.896. The summed E-state index contributed by atoms with van der Waals surface area (Å²) in [6.07, 6.45) is 3.59. The summed E-state index contributed by atoms with van der Waals surface area (Å²) in [6.45, 7) is 2.94. The van der Waals surface area contributed by atoms with E-state index in [2.05, 4.69) is 21.0 Å². The molecule has 2 rings (SSSR count). The number of aromatic nitrogens is 2. The number of carbonyl (C=O) groups is 1. The normalized spacial score (nSPS) is 13.7. The van der Waals surface area contributed by atoms with Crippen LogP contribution in [0.15, 0.2) is 47.2 Å². The molecule has 1 unspecified atom stereocenters. The molecule has 0 radical (unpaired) electrons. The number of hydrogen-bond acceptors (Lipinski definition) is 3. The minimum Gasteiger partial charge on any atom is -0.342 e. The van der Waals surface area contributed by atoms with Gasteiger partial charge in [0.25, 0.3) is 0 Å². The maximum absolute atomic E-state index is 12.6. The summed E-state index contributed by atoms with van der Waals surface area (Å²) in [5.41, 5.74) is 6.00. The Bertz CT molecular complexity index is 593. The highest BCUT2D eigenvalue weighted by Crippen LogP contribution is 2.22. The maximum atomic E-state index is 12.6. The first-order valence-electron chi connectivity index (χ1n) is 6.69. The van der Waals surface area contributed by atoms with Gasteiger partial charge in [0.05, 0.1) is 6.54 Å². The summed E-state index contributed by atoms with van der Waals surface area (Å²) in [5.74, 6) is -0.114. The van der Waals surface area contributed by atoms with Crippen LogP contribution in [0, 0.1) is 0 Å². The van der Waals surface area contributed by atoms with E-state index < -0.39 is 5.54 Å². The van der Waals surface area contributed by atoms with Crippen LogP contribution in [0.4, 0.5) is 0 Å². The van der Waals surface area contributed by atoms with Gasteiger partial charge in [-0.15, -0.1) is 0 Å². The van der Waals surface area contributed by atoms with Gasteiger partial charge in [-0.25, -0.2) is 0 Å². The fourth-order valence-corrected chi connectivity index (χ4v) is 2.37. The standard InChI is InChI=1S/C15H19BrN4O/c1-15(17,12-4-6-13(16)7-5-12)14(21)19(2)10-11-20-9-3-8-18-20/h3-9H,10-11,17H2,1-2H3. The Labute approximate surface area is 132 Å². The van der Waals surface area contributed by atoms with Crippen molar-refractivity contribution < 1.29 is 4.79 Å². The summed E-state index contributed by atoms with van der Waals surface area (Å²) in [5, 5.41) is 4.12. The molecular weight excluding hydrogens is 332 g/mol. The third-order valence-electron chi connectivity index (χ3n) is 3.46. The van der Waals surface area contributed by atoms with Gasteiger partial charge in [-0.05, 0) is 30.7 Å². The van der Waals surface area contributed by atoms with Crippen molar-refractivity contribution in [3.63, 3.8) is 0 Å². The van der Waals surface area contributed by atoms with Crippen molar-refractivity contribution in [2.24, 2.45) is 5.73 Å². The molecule has 0 aliphatic carbocycles. The molecule has 2 aromatic rings. The zero-order chi connectivity index (χ0) is 15.5. The lowest BCUT2D eigenvalue weighted by atomic mass is 9.92. The van der Waals surface area contributed by atoms with E-state index in [1.807, 2.05) is 36.5 Å². The monoisotopic (exact) mass is 350 g/mol. The number of amides is 1. The third-order valence-corrected chi connectivity index (χ3v) is 3.99. The molecule has 1 aromatic carbocycles. The van der Waals surface area contributed by atoms with Crippen molar-refractivity contribution in [3.05, 3.63) is 52.8 Å². The molecule has 0 spiro atoms. The van der Waals surface area contributed by atoms with Crippen molar-refractivity contribution in [1.82, 2.24) is 14.7 Å². The van der Waals surface area contributed by atoms with Crippen molar-refractivity contribution in [2.45, 2.75) is 19.0 Å². The zero-order valence-electron chi connectivity index (χ0n) is 12.2. The molecule has 0 aliphatic heterocycles. The van der Waals surface area contributed by atoms with Gasteiger partial charge in [-0.2, -0.15) is 5.10 Å². The van der Waals surface area contributed by atoms with E-state index in [0.717, 1.165) is 10.0 Å². The Morgan fingerprint density at radius 3 is 2.67 bits per heavy atom. The van der Waals surface area contributed by atoms with Crippen LogP contribution < -0.4 is 5.73 Å². The number of carbonyl (C=O) groups excluding carboxylic acids is 1. The Morgan fingerprint density at radius 2 is 2.10 bits per heavy atom. The summed E-state index contributed by atoms with van der Waals surface area (Å²) in [7, 11) is 1.76. The van der Waals surface area contributed by atoms with Gasteiger partial charge in [0.2, 0.25) is 5.91 Å². The lowest BCUT2D eigenvalue weighted by Gasteiger charge is -2.29. The largest absolute Gasteiger partial charge is 0.342 e. The van der Waals surface area contributed by atoms with E-state index in [-0.39, 0.29) is 5.91 Å². The van der Waals surface area contributed by atoms with Crippen molar-refractivity contribution in [2.75, 3.05) is 13.6 Å². The lowest BCUT2D eigenvalue weighted by molar-refractivity contribution is -0.135. The van der Waals surface area contributed by atoms with Crippen molar-refractivity contribution >= 4 is 21.8 Å². The van der Waals surface area contributed by atoms with Crippen LogP contribution in [0.25, 0.3) is 0 Å². The first-order valence-corrected chi connectivity index (χ1v) is 7.48. The summed E-state index contributed by atoms with van der Waals surface area (Å²) in [6, 6.07) is 9.36. The van der Waals surface area contributed by atoms with Gasteiger partial charge in [0, 0.05) is 30.5 Å². The molecule has 0 saturated heterocycles. The minimum atomic E-state index is -1.04. The molecule has 1 heterocycles. The molecule has 0 fully saturated rings. The van der Waals surface area contributed by atoms with E-state index in [0.29, 0.717) is 13.1 Å². The van der Waals surface area contributed by atoms with Gasteiger partial charge in [0.15, 0.2) is 0 Å². The predicted octanol–water partition coefficient (Wildman–Crippen LogP) is 1.98. The lowest BCUT2D eigenvalue weighted by Crippen LogP contribution is -2.50. The van der Waals surface area contributed by atoms with Crippen LogP contribution >= 0.6 is 15.9 Å². The van der Waals surface area contributed by atoms with E-state index in [9.17, 15) is 4.79 Å². The third kappa shape index (κ3) is 3.71. The Morgan fingerprint density at radius 1 is 1.43 bits per heavy atom. The summed E-state index contributed by atoms with van der Waals surface area (Å²) >= 11 is 3.38. The number of rotatable bonds is 5. The first kappa shape index (κ1) is 15.7. The Hall–Kier alpha value is -1.66. The fourth-order valence-electron chi connectivity index (χ4n) is 2.10. The second-order valence-corrected chi connectivity index (χ2v) is 6.12. The number of likely N-dealkylation sites (N-methyl/N-ethyl adjacent to an activating group) is 1. The molecule has 5 nitrogen and oxygen atoms in total. The molecule has 6 heteroatoms. The molecular formula is C15H19BrN4O. The van der Waals surface area contributed by atoms with E-state index in [1.165, 1.54) is 0 Å². The van der Waals surface area contributed by atoms with Crippen LogP contribution in [0.3, 0.4) is 0 Å². The molecule has 0 saturated carbocycles. The molecule has 1 atom stereocenters. The molecule has 21 heavy (non-hydrogen) atoms. The van der Waals surface area contributed by atoms with Gasteiger partial charge in [-0.3, -0.25) is 9.48 Å². The number of hydrogen-bond donors (Lipinski definition) is 1. The van der Waals surface area contributed by atoms with Crippen molar-refractivity contribution in [3.8, 4) is 0 Å². The topological polar surface area (TPSA) is 64.2 Å². The molecule has 0 bridgehead atoms. The van der Waals surface area contributed by atoms with Crippen molar-refractivity contribution in [1.29, 1.82) is 0 Å². The maximum Gasteiger partial charge on any atom is 0.246 e. The predicted molar refractivity (Wildman–Crippen MR) is 85.5 cm³/mol. The Balaban J connectivity index is 2.04. The van der Waals surface area contributed by atoms with E-state index in [4.69, 9.17) is 5.73 Å². The average Bonchev–Trinajstić information content (AvgIpc) is 2.97. The van der Waals surface area contributed by atoms with Crippen LogP contribution in [0.2, 0.25) is 0 Å². The second-order valence-electron chi connectivity index (χ2n) is 5.21. The van der Waals surface area contributed by atoms with Gasteiger partial charge in [-0.1, -0.05) is 28.1 Å². The van der Waals surface area contributed by atoms with E-state index in [1.54, 1.807) is 29.7 Å². The number of nitrogens with two attached hydrogens (primary N) is 1. The minimum absolute atomic E-state index is 0.114. The van der Waals surface area contributed by atoms with Crippen LogP contribution in [-0.2, 0) is 16.9 Å². The molecule has 1 amide bonds. The number of benzene rings is 1.